The average molecular weight is 314 g/mol. The van der Waals surface area contributed by atoms with Crippen molar-refractivity contribution in [1.82, 2.24) is 0 Å². The van der Waals surface area contributed by atoms with Gasteiger partial charge in [0.25, 0.3) is 0 Å². The van der Waals surface area contributed by atoms with Crippen molar-refractivity contribution >= 4 is 29.3 Å². The zero-order valence-corrected chi connectivity index (χ0v) is 13.8. The minimum absolute atomic E-state index is 0.168. The molecule has 0 aliphatic carbocycles. The summed E-state index contributed by atoms with van der Waals surface area (Å²) >= 11 is 6.04. The first kappa shape index (κ1) is 16.3. The molecule has 1 N–H and O–H groups in total. The van der Waals surface area contributed by atoms with Gasteiger partial charge in [-0.3, -0.25) is 4.79 Å². The number of anilines is 1. The minimum atomic E-state index is -0.168. The predicted octanol–water partition coefficient (Wildman–Crippen LogP) is 5.42. The molecule has 0 unspecified atom stereocenters. The van der Waals surface area contributed by atoms with Crippen LogP contribution in [0.25, 0.3) is 6.08 Å². The highest BCUT2D eigenvalue weighted by atomic mass is 35.5. The predicted molar refractivity (Wildman–Crippen MR) is 94.4 cm³/mol. The minimum Gasteiger partial charge on any atom is -0.322 e. The van der Waals surface area contributed by atoms with Crippen molar-refractivity contribution < 1.29 is 4.79 Å². The van der Waals surface area contributed by atoms with E-state index in [2.05, 4.69) is 31.3 Å². The standard InChI is InChI=1S/C19H20ClNO/c1-13(2)16-10-7-15(8-11-16)9-12-19(22)21-18-6-4-5-17(20)14(18)3/h4-13H,1-3H3,(H,21,22)/b12-9+. The SMILES string of the molecule is Cc1c(Cl)cccc1NC(=O)/C=C/c1ccc(C(C)C)cc1. The summed E-state index contributed by atoms with van der Waals surface area (Å²) in [5, 5.41) is 3.49. The van der Waals surface area contributed by atoms with E-state index < -0.39 is 0 Å². The van der Waals surface area contributed by atoms with Crippen molar-refractivity contribution in [3.63, 3.8) is 0 Å². The van der Waals surface area contributed by atoms with E-state index in [1.807, 2.05) is 31.2 Å². The van der Waals surface area contributed by atoms with Crippen molar-refractivity contribution in [1.29, 1.82) is 0 Å². The van der Waals surface area contributed by atoms with Crippen molar-refractivity contribution in [3.8, 4) is 0 Å². The third-order valence-corrected chi connectivity index (χ3v) is 3.97. The van der Waals surface area contributed by atoms with E-state index in [0.29, 0.717) is 10.9 Å². The smallest absolute Gasteiger partial charge is 0.248 e. The third-order valence-electron chi connectivity index (χ3n) is 3.56. The fraction of sp³-hybridized carbons (Fsp3) is 0.211. The summed E-state index contributed by atoms with van der Waals surface area (Å²) in [7, 11) is 0. The molecule has 0 aromatic heterocycles. The normalized spacial score (nSPS) is 11.1. The van der Waals surface area contributed by atoms with Crippen molar-refractivity contribution in [3.05, 3.63) is 70.3 Å². The number of carbonyl (C=O) groups excluding carboxylic acids is 1. The quantitative estimate of drug-likeness (QED) is 0.750. The molecule has 0 atom stereocenters. The summed E-state index contributed by atoms with van der Waals surface area (Å²) in [5.74, 6) is 0.338. The topological polar surface area (TPSA) is 29.1 Å². The first-order chi connectivity index (χ1) is 10.5. The molecule has 0 saturated heterocycles. The Labute approximate surface area is 136 Å². The molecule has 2 rings (SSSR count). The molecule has 0 saturated carbocycles. The summed E-state index contributed by atoms with van der Waals surface area (Å²) in [4.78, 5) is 12.0. The number of benzene rings is 2. The van der Waals surface area contributed by atoms with Gasteiger partial charge in [0, 0.05) is 16.8 Å². The molecule has 0 heterocycles. The van der Waals surface area contributed by atoms with Crippen LogP contribution >= 0.6 is 11.6 Å². The van der Waals surface area contributed by atoms with Crippen LogP contribution in [0.3, 0.4) is 0 Å². The Morgan fingerprint density at radius 2 is 1.82 bits per heavy atom. The van der Waals surface area contributed by atoms with Gasteiger partial charge in [0.2, 0.25) is 5.91 Å². The molecule has 2 aromatic carbocycles. The van der Waals surface area contributed by atoms with Gasteiger partial charge in [0.15, 0.2) is 0 Å². The highest BCUT2D eigenvalue weighted by Crippen LogP contribution is 2.23. The lowest BCUT2D eigenvalue weighted by atomic mass is 10.0. The number of hydrogen-bond acceptors (Lipinski definition) is 1. The molecule has 3 heteroatoms. The summed E-state index contributed by atoms with van der Waals surface area (Å²) in [6.07, 6.45) is 3.34. The van der Waals surface area contributed by atoms with E-state index in [-0.39, 0.29) is 5.91 Å². The van der Waals surface area contributed by atoms with Crippen LogP contribution in [0.15, 0.2) is 48.5 Å². The van der Waals surface area contributed by atoms with Crippen LogP contribution in [0, 0.1) is 6.92 Å². The third kappa shape index (κ3) is 4.22. The second kappa shape index (κ2) is 7.28. The summed E-state index contributed by atoms with van der Waals surface area (Å²) in [5.41, 5.74) is 3.89. The second-order valence-corrected chi connectivity index (χ2v) is 5.96. The molecule has 1 amide bonds. The largest absolute Gasteiger partial charge is 0.322 e. The van der Waals surface area contributed by atoms with Crippen LogP contribution in [0.5, 0.6) is 0 Å². The van der Waals surface area contributed by atoms with Crippen molar-refractivity contribution in [2.45, 2.75) is 26.7 Å². The van der Waals surface area contributed by atoms with E-state index in [1.54, 1.807) is 12.1 Å². The van der Waals surface area contributed by atoms with Gasteiger partial charge in [-0.05, 0) is 47.7 Å². The number of halogens is 1. The maximum Gasteiger partial charge on any atom is 0.248 e. The van der Waals surface area contributed by atoms with Crippen molar-refractivity contribution in [2.24, 2.45) is 0 Å². The van der Waals surface area contributed by atoms with Crippen LogP contribution < -0.4 is 5.32 Å². The van der Waals surface area contributed by atoms with Gasteiger partial charge >= 0.3 is 0 Å². The van der Waals surface area contributed by atoms with Crippen LogP contribution in [-0.2, 0) is 4.79 Å². The number of carbonyl (C=O) groups is 1. The van der Waals surface area contributed by atoms with Gasteiger partial charge in [-0.15, -0.1) is 0 Å². The molecular formula is C19H20ClNO. The number of nitrogens with one attached hydrogen (secondary N) is 1. The summed E-state index contributed by atoms with van der Waals surface area (Å²) in [6.45, 7) is 6.20. The Morgan fingerprint density at radius 3 is 2.45 bits per heavy atom. The zero-order valence-electron chi connectivity index (χ0n) is 13.1. The van der Waals surface area contributed by atoms with Gasteiger partial charge in [0.1, 0.15) is 0 Å². The molecule has 0 aliphatic rings. The zero-order chi connectivity index (χ0) is 16.1. The van der Waals surface area contributed by atoms with Gasteiger partial charge in [-0.1, -0.05) is 55.8 Å². The molecule has 2 nitrogen and oxygen atoms in total. The molecule has 114 valence electrons. The van der Waals surface area contributed by atoms with Gasteiger partial charge < -0.3 is 5.32 Å². The molecule has 0 aliphatic heterocycles. The molecular weight excluding hydrogens is 294 g/mol. The van der Waals surface area contributed by atoms with Crippen LogP contribution in [-0.4, -0.2) is 5.91 Å². The number of rotatable bonds is 4. The van der Waals surface area contributed by atoms with Gasteiger partial charge in [-0.25, -0.2) is 0 Å². The van der Waals surface area contributed by atoms with Crippen molar-refractivity contribution in [2.75, 3.05) is 5.32 Å². The average Bonchev–Trinajstić information content (AvgIpc) is 2.50. The fourth-order valence-corrected chi connectivity index (χ4v) is 2.26. The molecule has 0 bridgehead atoms. The van der Waals surface area contributed by atoms with E-state index in [1.165, 1.54) is 11.6 Å². The highest BCUT2D eigenvalue weighted by molar-refractivity contribution is 6.31. The first-order valence-corrected chi connectivity index (χ1v) is 7.69. The maximum atomic E-state index is 12.0. The maximum absolute atomic E-state index is 12.0. The lowest BCUT2D eigenvalue weighted by Crippen LogP contribution is -2.08. The second-order valence-electron chi connectivity index (χ2n) is 5.56. The Bertz CT molecular complexity index is 687. The fourth-order valence-electron chi connectivity index (χ4n) is 2.08. The van der Waals surface area contributed by atoms with Crippen LogP contribution in [0.2, 0.25) is 5.02 Å². The molecule has 2 aromatic rings. The Morgan fingerprint density at radius 1 is 1.14 bits per heavy atom. The lowest BCUT2D eigenvalue weighted by molar-refractivity contribution is -0.111. The summed E-state index contributed by atoms with van der Waals surface area (Å²) in [6, 6.07) is 13.7. The van der Waals surface area contributed by atoms with Crippen LogP contribution in [0.4, 0.5) is 5.69 Å². The van der Waals surface area contributed by atoms with Gasteiger partial charge in [0.05, 0.1) is 0 Å². The molecule has 0 radical (unpaired) electrons. The number of hydrogen-bond donors (Lipinski definition) is 1. The molecule has 22 heavy (non-hydrogen) atoms. The van der Waals surface area contributed by atoms with Crippen LogP contribution in [0.1, 0.15) is 36.5 Å². The molecule has 0 spiro atoms. The molecule has 0 fully saturated rings. The van der Waals surface area contributed by atoms with Gasteiger partial charge in [-0.2, -0.15) is 0 Å². The first-order valence-electron chi connectivity index (χ1n) is 7.31. The van der Waals surface area contributed by atoms with E-state index >= 15 is 0 Å². The summed E-state index contributed by atoms with van der Waals surface area (Å²) < 4.78 is 0. The van der Waals surface area contributed by atoms with E-state index in [9.17, 15) is 4.79 Å². The van der Waals surface area contributed by atoms with E-state index in [4.69, 9.17) is 11.6 Å². The Balaban J connectivity index is 2.03. The lowest BCUT2D eigenvalue weighted by Gasteiger charge is -2.07. The Kier molecular flexibility index (Phi) is 5.40. The monoisotopic (exact) mass is 313 g/mol. The highest BCUT2D eigenvalue weighted by Gasteiger charge is 2.04. The Hall–Kier alpha value is -2.06. The van der Waals surface area contributed by atoms with E-state index in [0.717, 1.165) is 16.8 Å². The number of amides is 1.